The Hall–Kier alpha value is 1.37. The molecular weight excluding hydrogens is 255 g/mol. The Labute approximate surface area is 76.9 Å². The normalized spacial score (nSPS) is 13.8. The molecule has 0 aromatic heterocycles. The van der Waals surface area contributed by atoms with Gasteiger partial charge in [0.2, 0.25) is 0 Å². The van der Waals surface area contributed by atoms with Crippen molar-refractivity contribution in [3.8, 4) is 0 Å². The van der Waals surface area contributed by atoms with Gasteiger partial charge in [-0.2, -0.15) is 0 Å². The van der Waals surface area contributed by atoms with Gasteiger partial charge in [-0.25, -0.2) is 0 Å². The van der Waals surface area contributed by atoms with Gasteiger partial charge in [0.25, 0.3) is 0 Å². The molecule has 0 fully saturated rings. The molecule has 0 radical (unpaired) electrons. The predicted octanol–water partition coefficient (Wildman–Crippen LogP) is 3.07. The third-order valence-electron chi connectivity index (χ3n) is 1.27. The summed E-state index contributed by atoms with van der Waals surface area (Å²) in [5, 5.41) is 0. The summed E-state index contributed by atoms with van der Waals surface area (Å²) >= 11 is 0. The van der Waals surface area contributed by atoms with Gasteiger partial charge < -0.3 is 0 Å². The third-order valence-corrected chi connectivity index (χ3v) is 12.8. The van der Waals surface area contributed by atoms with E-state index in [1.807, 2.05) is 13.8 Å². The van der Waals surface area contributed by atoms with Crippen molar-refractivity contribution in [1.82, 2.24) is 0 Å². The molecule has 10 heavy (non-hydrogen) atoms. The summed E-state index contributed by atoms with van der Waals surface area (Å²) in [6.45, 7) is 4.36. The summed E-state index contributed by atoms with van der Waals surface area (Å²) in [5.41, 5.74) is 0. The quantitative estimate of drug-likeness (QED) is 0.713. The van der Waals surface area contributed by atoms with E-state index in [9.17, 15) is 0 Å². The fourth-order valence-corrected chi connectivity index (χ4v) is 1.94. The molecule has 0 rings (SSSR count). The maximum absolute atomic E-state index is 5.84. The van der Waals surface area contributed by atoms with Crippen molar-refractivity contribution < 1.29 is 4.74 Å². The molecule has 0 N–H and O–H groups in total. The van der Waals surface area contributed by atoms with Crippen LogP contribution in [0.3, 0.4) is 0 Å². The van der Waals surface area contributed by atoms with Gasteiger partial charge in [-0.1, -0.05) is 0 Å². The van der Waals surface area contributed by atoms with Gasteiger partial charge in [0, 0.05) is 0 Å². The van der Waals surface area contributed by atoms with Crippen molar-refractivity contribution in [2.45, 2.75) is 18.1 Å². The van der Waals surface area contributed by atoms with Crippen LogP contribution in [0.4, 0.5) is 0 Å². The standard InChI is InChI=1S/C5H11Cl3GeO/c1-5(2,4-10-3)9(6,7)8/h4H2,1-3H3. The molecule has 0 atom stereocenters. The minimum absolute atomic E-state index is 0.251. The molecule has 0 amide bonds. The van der Waals surface area contributed by atoms with E-state index >= 15 is 0 Å². The van der Waals surface area contributed by atoms with E-state index in [-0.39, 0.29) is 4.25 Å². The van der Waals surface area contributed by atoms with Gasteiger partial charge in [-0.15, -0.1) is 0 Å². The first-order valence-corrected chi connectivity index (χ1v) is 12.2. The zero-order valence-electron chi connectivity index (χ0n) is 6.25. The Kier molecular flexibility index (Phi) is 4.39. The van der Waals surface area contributed by atoms with Gasteiger partial charge in [0.05, 0.1) is 0 Å². The van der Waals surface area contributed by atoms with Crippen molar-refractivity contribution >= 4 is 40.5 Å². The van der Waals surface area contributed by atoms with Crippen molar-refractivity contribution in [1.29, 1.82) is 0 Å². The van der Waals surface area contributed by atoms with Gasteiger partial charge in [-0.05, 0) is 0 Å². The summed E-state index contributed by atoms with van der Waals surface area (Å²) < 4.78 is 4.68. The number of rotatable bonds is 3. The van der Waals surface area contributed by atoms with E-state index < -0.39 is 10.5 Å². The molecule has 0 aliphatic carbocycles. The van der Waals surface area contributed by atoms with Gasteiger partial charge >= 0.3 is 77.1 Å². The SMILES string of the molecule is COC[C](C)(C)[Ge]([Cl])([Cl])[Cl]. The summed E-state index contributed by atoms with van der Waals surface area (Å²) in [6.07, 6.45) is 0. The molecule has 0 aliphatic rings. The van der Waals surface area contributed by atoms with E-state index in [0.717, 1.165) is 0 Å². The Morgan fingerprint density at radius 3 is 1.80 bits per heavy atom. The zero-order valence-corrected chi connectivity index (χ0v) is 10.6. The van der Waals surface area contributed by atoms with Crippen LogP contribution in [0.2, 0.25) is 4.25 Å². The molecule has 0 aromatic rings. The van der Waals surface area contributed by atoms with Crippen molar-refractivity contribution in [3.05, 3.63) is 0 Å². The first-order chi connectivity index (χ1) is 4.31. The topological polar surface area (TPSA) is 9.23 Å². The van der Waals surface area contributed by atoms with Crippen LogP contribution in [0, 0.1) is 0 Å². The Morgan fingerprint density at radius 1 is 1.30 bits per heavy atom. The predicted molar refractivity (Wildman–Crippen MR) is 49.2 cm³/mol. The van der Waals surface area contributed by atoms with Gasteiger partial charge in [0.15, 0.2) is 0 Å². The molecule has 0 unspecified atom stereocenters. The molecule has 0 heterocycles. The van der Waals surface area contributed by atoms with Crippen LogP contribution >= 0.6 is 30.0 Å². The summed E-state index contributed by atoms with van der Waals surface area (Å²) in [5.74, 6) is 0. The number of ether oxygens (including phenoxy) is 1. The molecule has 5 heteroatoms. The van der Waals surface area contributed by atoms with E-state index in [4.69, 9.17) is 34.8 Å². The molecular formula is C5H11Cl3GeO. The third kappa shape index (κ3) is 3.18. The van der Waals surface area contributed by atoms with Gasteiger partial charge in [-0.3, -0.25) is 0 Å². The van der Waals surface area contributed by atoms with Crippen molar-refractivity contribution in [2.75, 3.05) is 13.7 Å². The maximum atomic E-state index is 5.84. The van der Waals surface area contributed by atoms with E-state index in [1.165, 1.54) is 0 Å². The van der Waals surface area contributed by atoms with Crippen LogP contribution in [0.15, 0.2) is 0 Å². The molecule has 1 nitrogen and oxygen atoms in total. The first-order valence-electron chi connectivity index (χ1n) is 2.87. The minimum atomic E-state index is -3.09. The second-order valence-electron chi connectivity index (χ2n) is 2.81. The van der Waals surface area contributed by atoms with Crippen molar-refractivity contribution in [2.24, 2.45) is 0 Å². The fraction of sp³-hybridized carbons (Fsp3) is 1.00. The van der Waals surface area contributed by atoms with Crippen molar-refractivity contribution in [3.63, 3.8) is 0 Å². The second kappa shape index (κ2) is 3.86. The van der Waals surface area contributed by atoms with Gasteiger partial charge in [0.1, 0.15) is 0 Å². The number of hydrogen-bond acceptors (Lipinski definition) is 1. The second-order valence-corrected chi connectivity index (χ2v) is 19.6. The molecule has 0 spiro atoms. The average Bonchev–Trinajstić information content (AvgIpc) is 1.61. The Balaban J connectivity index is 4.10. The van der Waals surface area contributed by atoms with Crippen LogP contribution in [0.1, 0.15) is 13.8 Å². The zero-order chi connectivity index (χ0) is 8.41. The van der Waals surface area contributed by atoms with E-state index in [2.05, 4.69) is 0 Å². The van der Waals surface area contributed by atoms with Crippen LogP contribution in [-0.4, -0.2) is 24.2 Å². The Morgan fingerprint density at radius 2 is 1.70 bits per heavy atom. The molecule has 0 bridgehead atoms. The number of methoxy groups -OCH3 is 1. The van der Waals surface area contributed by atoms with E-state index in [1.54, 1.807) is 7.11 Å². The fourth-order valence-electron chi connectivity index (χ4n) is 0.443. The average molecular weight is 266 g/mol. The van der Waals surface area contributed by atoms with Crippen LogP contribution in [0.25, 0.3) is 0 Å². The molecule has 62 valence electrons. The monoisotopic (exact) mass is 266 g/mol. The van der Waals surface area contributed by atoms with Crippen LogP contribution in [-0.2, 0) is 4.74 Å². The van der Waals surface area contributed by atoms with E-state index in [0.29, 0.717) is 6.61 Å². The first kappa shape index (κ1) is 11.4. The summed E-state index contributed by atoms with van der Waals surface area (Å²) in [6, 6.07) is 0. The molecule has 0 aromatic carbocycles. The summed E-state index contributed by atoms with van der Waals surface area (Å²) in [4.78, 5) is 0. The molecule has 0 saturated heterocycles. The number of halogens is 3. The summed E-state index contributed by atoms with van der Waals surface area (Å²) in [7, 11) is 16.0. The van der Waals surface area contributed by atoms with Crippen LogP contribution in [0.5, 0.6) is 0 Å². The number of hydrogen-bond donors (Lipinski definition) is 0. The molecule has 0 aliphatic heterocycles. The van der Waals surface area contributed by atoms with Crippen LogP contribution < -0.4 is 0 Å². The Bertz CT molecular complexity index is 110. The molecule has 0 saturated carbocycles.